The molecule has 40 nitrogen and oxygen atoms in total. The fraction of sp³-hybridized carbons (Fsp3) is 1.00. The molecule has 70 heteroatoms. The molecule has 0 spiro atoms. The minimum absolute atomic E-state index is 0. The molecule has 0 heterocycles. The summed E-state index contributed by atoms with van der Waals surface area (Å²) in [6, 6.07) is 2.93. The van der Waals surface area contributed by atoms with Crippen LogP contribution in [0.25, 0.3) is 0 Å². The molecule has 0 fully saturated rings. The summed E-state index contributed by atoms with van der Waals surface area (Å²) in [4.78, 5) is 0. The van der Waals surface area contributed by atoms with Crippen molar-refractivity contribution in [2.75, 3.05) is 107 Å². The Labute approximate surface area is 957 Å². The van der Waals surface area contributed by atoms with Crippen LogP contribution in [-0.2, 0) is 171 Å². The number of rotatable bonds is 70. The largest absolute Gasteiger partial charge is 0.669 e. The van der Waals surface area contributed by atoms with Crippen molar-refractivity contribution in [3.8, 4) is 0 Å². The van der Waals surface area contributed by atoms with Crippen molar-refractivity contribution in [2.45, 2.75) is 429 Å². The van der Waals surface area contributed by atoms with Gasteiger partial charge in [-0.1, -0.05) is 109 Å². The molecule has 0 aliphatic heterocycles. The van der Waals surface area contributed by atoms with Crippen LogP contribution in [0.1, 0.15) is 109 Å². The summed E-state index contributed by atoms with van der Waals surface area (Å²) in [5, 5.41) is 0. The first-order valence-electron chi connectivity index (χ1n) is 47.2. The molecule has 920 valence electrons. The first-order valence-corrected chi connectivity index (χ1v) is 122. The van der Waals surface area contributed by atoms with Crippen molar-refractivity contribution in [1.29, 1.82) is 0 Å². The first-order chi connectivity index (χ1) is 62.3. The summed E-state index contributed by atoms with van der Waals surface area (Å²) in [5.41, 5.74) is 1.62. The second kappa shape index (κ2) is 77.3. The lowest BCUT2D eigenvalue weighted by Gasteiger charge is -2.43. The van der Waals surface area contributed by atoms with Crippen molar-refractivity contribution in [1.82, 2.24) is 0 Å². The highest BCUT2D eigenvalue weighted by Gasteiger charge is 2.64. The maximum atomic E-state index is 12.7. The van der Waals surface area contributed by atoms with Gasteiger partial charge in [0.1, 0.15) is 0 Å². The molecule has 0 aliphatic carbocycles. The van der Waals surface area contributed by atoms with E-state index in [1.54, 1.807) is 0 Å². The number of hydrogen-bond acceptors (Lipinski definition) is 40. The summed E-state index contributed by atoms with van der Waals surface area (Å²) in [7, 11) is -55.2. The molecule has 0 radical (unpaired) electrons. The Bertz CT molecular complexity index is 2920. The van der Waals surface area contributed by atoms with Gasteiger partial charge in [0.05, 0.1) is 28.3 Å². The Morgan fingerprint density at radius 3 is 0.260 bits per heavy atom. The summed E-state index contributed by atoms with van der Waals surface area (Å²) in [5.74, 6) is 0. The zero-order valence-corrected chi connectivity index (χ0v) is 128. The van der Waals surface area contributed by atoms with Gasteiger partial charge in [0, 0.05) is 107 Å². The van der Waals surface area contributed by atoms with Gasteiger partial charge in [-0.15, -0.1) is 0 Å². The van der Waals surface area contributed by atoms with Crippen LogP contribution in [-0.4, -0.2) is 365 Å². The summed E-state index contributed by atoms with van der Waals surface area (Å²) >= 11 is 0. The predicted octanol–water partition coefficient (Wildman–Crippen LogP) is 25.0. The molecule has 0 bridgehead atoms. The fourth-order valence-corrected chi connectivity index (χ4v) is 124. The van der Waals surface area contributed by atoms with E-state index >= 15 is 0 Å². The summed E-state index contributed by atoms with van der Waals surface area (Å²) < 4.78 is 274. The van der Waals surface area contributed by atoms with Gasteiger partial charge < -0.3 is 171 Å². The maximum Gasteiger partial charge on any atom is 0.669 e. The van der Waals surface area contributed by atoms with Crippen LogP contribution in [0.5, 0.6) is 0 Å². The van der Waals surface area contributed by atoms with E-state index in [4.69, 9.17) is 149 Å². The Kier molecular flexibility index (Phi) is 96.2. The Hall–Kier alpha value is 4.11. The van der Waals surface area contributed by atoms with Gasteiger partial charge in [0.2, 0.25) is 0 Å². The SMILES string of the molecule is C.C.C.C.C.C.C.C.C.C.CC[Si](=O)C[Si](O[Si](C)(C)C)(O[Si](C)(C)C)O[Si](C)(C)O[Si](OC)(OC)OC.CC[Si](=O)C[Si](O[Si](C)(C)C)(O[Si](C)(C)C)O[Si](C)(C)O[Si](OC)(OC)OC.CC[Si](=O)C[Si](O[Si](C)(C)C)(O[Si](C)(C)C)O[Si](C)(C)O[Si](OC)(OC)OC.CC[Si](=O)C[Si](O[Si](C)(C)C)(O[Si](C)(C)C)O[Si](C)(C)O[Si](OC)(OC)OC.CC[Si](=O)C[Si](O[Si](C)(C)C)(O[Si](C)(C)C)O[Si](C)(C)O[Si](OC)(OC)OC. The quantitative estimate of drug-likeness (QED) is 0.0510. The molecule has 0 unspecified atom stereocenters. The molecule has 0 N–H and O–H groups in total. The van der Waals surface area contributed by atoms with Crippen molar-refractivity contribution >= 4 is 259 Å². The van der Waals surface area contributed by atoms with E-state index in [0.717, 1.165) is 0 Å². The second-order valence-electron chi connectivity index (χ2n) is 44.5. The van der Waals surface area contributed by atoms with E-state index in [9.17, 15) is 22.3 Å². The van der Waals surface area contributed by atoms with Crippen LogP contribution < -0.4 is 0 Å². The van der Waals surface area contributed by atoms with E-state index in [2.05, 4.69) is 196 Å². The van der Waals surface area contributed by atoms with Gasteiger partial charge >= 0.3 is 132 Å². The lowest BCUT2D eigenvalue weighted by Crippen LogP contribution is -2.65. The molecular weight excluding hydrogens is 2440 g/mol. The minimum Gasteiger partial charge on any atom is -0.417 e. The van der Waals surface area contributed by atoms with Crippen molar-refractivity contribution in [3.63, 3.8) is 0 Å². The maximum absolute atomic E-state index is 12.7. The summed E-state index contributed by atoms with van der Waals surface area (Å²) in [6.45, 7) is 91.0. The number of hydrogen-bond donors (Lipinski definition) is 0. The highest BCUT2D eigenvalue weighted by atomic mass is 28.6. The lowest BCUT2D eigenvalue weighted by molar-refractivity contribution is 0.0375. The van der Waals surface area contributed by atoms with E-state index < -0.39 is 259 Å². The molecule has 0 saturated heterocycles. The fourth-order valence-electron chi connectivity index (χ4n) is 12.7. The van der Waals surface area contributed by atoms with Crippen molar-refractivity contribution in [3.05, 3.63) is 0 Å². The van der Waals surface area contributed by atoms with E-state index in [1.807, 2.05) is 100 Å². The zero-order chi connectivity index (χ0) is 112. The Morgan fingerprint density at radius 1 is 0.133 bits per heavy atom. The molecule has 0 rings (SSSR count). The van der Waals surface area contributed by atoms with Crippen molar-refractivity contribution < 1.29 is 171 Å². The molecular formula is C80H240O40Si30. The molecule has 0 aromatic rings. The van der Waals surface area contributed by atoms with Gasteiger partial charge in [0.15, 0.2) is 83.2 Å². The third kappa shape index (κ3) is 83.4. The second-order valence-corrected chi connectivity index (χ2v) is 151. The zero-order valence-electron chi connectivity index (χ0n) is 98.4. The molecule has 0 atom stereocenters. The monoisotopic (exact) mass is 2680 g/mol. The molecule has 0 aliphatic rings. The van der Waals surface area contributed by atoms with Crippen LogP contribution in [0.15, 0.2) is 0 Å². The van der Waals surface area contributed by atoms with E-state index in [-0.39, 0.29) is 74.3 Å². The molecule has 0 aromatic heterocycles. The molecule has 0 saturated carbocycles. The topological polar surface area (TPSA) is 408 Å². The van der Waals surface area contributed by atoms with Gasteiger partial charge in [0.25, 0.3) is 43.4 Å². The van der Waals surface area contributed by atoms with Gasteiger partial charge in [-0.2, -0.15) is 0 Å². The normalized spacial score (nSPS) is 13.5. The average Bonchev–Trinajstić information content (AvgIpc) is 0.800. The van der Waals surface area contributed by atoms with E-state index in [1.165, 1.54) is 107 Å². The van der Waals surface area contributed by atoms with Gasteiger partial charge in [-0.05, 0) is 292 Å². The Balaban J connectivity index is -0.000000115. The highest BCUT2D eigenvalue weighted by Crippen LogP contribution is 2.39. The van der Waals surface area contributed by atoms with Crippen molar-refractivity contribution in [2.24, 2.45) is 0 Å². The van der Waals surface area contributed by atoms with Crippen LogP contribution in [0.3, 0.4) is 0 Å². The molecule has 0 aromatic carbocycles. The standard InChI is InChI=1S/5C14H40O8Si6.10CH4/c5*1-13-23(15)14-27(19-24(5,6)7,20-25(8,9)10)21-26(11,12)22-28(16-2,17-3)18-4;;;;;;;;;;/h5*13-14H2,1-12H3;10*1H4. The Morgan fingerprint density at radius 2 is 0.207 bits per heavy atom. The van der Waals surface area contributed by atoms with Gasteiger partial charge in [-0.3, -0.25) is 0 Å². The van der Waals surface area contributed by atoms with E-state index in [0.29, 0.717) is 58.6 Å². The van der Waals surface area contributed by atoms with Crippen LogP contribution in [0, 0.1) is 0 Å². The molecule has 0 amide bonds. The lowest BCUT2D eigenvalue weighted by atomic mass is 11.0. The van der Waals surface area contributed by atoms with Crippen LogP contribution >= 0.6 is 0 Å². The third-order valence-electron chi connectivity index (χ3n) is 16.3. The smallest absolute Gasteiger partial charge is 0.417 e. The minimum atomic E-state index is -3.32. The van der Waals surface area contributed by atoms with Gasteiger partial charge in [-0.25, -0.2) is 0 Å². The summed E-state index contributed by atoms with van der Waals surface area (Å²) in [6.07, 6.45) is 0. The molecule has 150 heavy (non-hydrogen) atoms. The highest BCUT2D eigenvalue weighted by molar-refractivity contribution is 6.98. The third-order valence-corrected chi connectivity index (χ3v) is 112. The predicted molar refractivity (Wildman–Crippen MR) is 681 cm³/mol. The first kappa shape index (κ1) is 187. The average molecular weight is 2690 g/mol. The van der Waals surface area contributed by atoms with Crippen LogP contribution in [0.2, 0.25) is 320 Å². The van der Waals surface area contributed by atoms with Crippen LogP contribution in [0.4, 0.5) is 0 Å².